The first-order chi connectivity index (χ1) is 12.5. The second-order valence-electron chi connectivity index (χ2n) is 5.80. The molecule has 0 saturated carbocycles. The van der Waals surface area contributed by atoms with E-state index in [1.807, 2.05) is 26.0 Å². The SMILES string of the molecule is CCC(Oc1ccc(C)cc1N)C(=O)c1ccc(OC)c(OC)c1OC. The van der Waals surface area contributed by atoms with Gasteiger partial charge in [-0.3, -0.25) is 4.79 Å². The van der Waals surface area contributed by atoms with Gasteiger partial charge in [0.15, 0.2) is 17.6 Å². The molecule has 2 aromatic rings. The Hall–Kier alpha value is -2.89. The summed E-state index contributed by atoms with van der Waals surface area (Å²) in [6, 6.07) is 8.78. The van der Waals surface area contributed by atoms with Crippen molar-refractivity contribution in [2.45, 2.75) is 26.4 Å². The standard InChI is InChI=1S/C20H25NO5/c1-6-15(26-16-9-7-12(2)11-14(16)21)18(22)13-8-10-17(23-3)20(25-5)19(13)24-4/h7-11,15H,6,21H2,1-5H3. The molecule has 2 rings (SSSR count). The maximum absolute atomic E-state index is 13.1. The van der Waals surface area contributed by atoms with Crippen molar-refractivity contribution in [3.05, 3.63) is 41.5 Å². The van der Waals surface area contributed by atoms with E-state index in [0.29, 0.717) is 40.7 Å². The van der Waals surface area contributed by atoms with Gasteiger partial charge in [0, 0.05) is 0 Å². The van der Waals surface area contributed by atoms with Crippen molar-refractivity contribution < 1.29 is 23.7 Å². The highest BCUT2D eigenvalue weighted by Gasteiger charge is 2.27. The third kappa shape index (κ3) is 3.85. The van der Waals surface area contributed by atoms with E-state index < -0.39 is 6.10 Å². The van der Waals surface area contributed by atoms with Crippen LogP contribution in [0.15, 0.2) is 30.3 Å². The number of carbonyl (C=O) groups excluding carboxylic acids is 1. The number of anilines is 1. The van der Waals surface area contributed by atoms with Gasteiger partial charge >= 0.3 is 0 Å². The van der Waals surface area contributed by atoms with Gasteiger partial charge < -0.3 is 24.7 Å². The van der Waals surface area contributed by atoms with Crippen molar-refractivity contribution in [2.75, 3.05) is 27.1 Å². The second-order valence-corrected chi connectivity index (χ2v) is 5.80. The fourth-order valence-electron chi connectivity index (χ4n) is 2.72. The van der Waals surface area contributed by atoms with Gasteiger partial charge in [0.1, 0.15) is 5.75 Å². The number of hydrogen-bond donors (Lipinski definition) is 1. The minimum Gasteiger partial charge on any atom is -0.493 e. The smallest absolute Gasteiger partial charge is 0.207 e. The van der Waals surface area contributed by atoms with Crippen molar-refractivity contribution in [1.82, 2.24) is 0 Å². The number of carbonyl (C=O) groups is 1. The van der Waals surface area contributed by atoms with Crippen LogP contribution in [0.5, 0.6) is 23.0 Å². The molecule has 1 unspecified atom stereocenters. The highest BCUT2D eigenvalue weighted by atomic mass is 16.5. The quantitative estimate of drug-likeness (QED) is 0.572. The third-order valence-corrected chi connectivity index (χ3v) is 4.07. The summed E-state index contributed by atoms with van der Waals surface area (Å²) in [7, 11) is 4.50. The first-order valence-electron chi connectivity index (χ1n) is 8.32. The molecular formula is C20H25NO5. The summed E-state index contributed by atoms with van der Waals surface area (Å²) in [6.45, 7) is 3.82. The van der Waals surface area contributed by atoms with E-state index in [0.717, 1.165) is 5.56 Å². The van der Waals surface area contributed by atoms with E-state index in [1.54, 1.807) is 18.2 Å². The molecular weight excluding hydrogens is 334 g/mol. The van der Waals surface area contributed by atoms with Crippen molar-refractivity contribution in [2.24, 2.45) is 0 Å². The fourth-order valence-corrected chi connectivity index (χ4v) is 2.72. The average Bonchev–Trinajstić information content (AvgIpc) is 2.65. The summed E-state index contributed by atoms with van der Waals surface area (Å²) in [5.41, 5.74) is 7.89. The number of ketones is 1. The molecule has 0 saturated heterocycles. The number of Topliss-reactive ketones (excluding diaryl/α,β-unsaturated/α-hetero) is 1. The van der Waals surface area contributed by atoms with Gasteiger partial charge in [-0.05, 0) is 43.2 Å². The number of ether oxygens (including phenoxy) is 4. The first-order valence-corrected chi connectivity index (χ1v) is 8.32. The zero-order valence-corrected chi connectivity index (χ0v) is 15.8. The Balaban J connectivity index is 2.39. The maximum atomic E-state index is 13.1. The van der Waals surface area contributed by atoms with E-state index in [-0.39, 0.29) is 5.78 Å². The van der Waals surface area contributed by atoms with Gasteiger partial charge in [-0.15, -0.1) is 0 Å². The minimum absolute atomic E-state index is 0.217. The Bertz CT molecular complexity index is 788. The summed E-state index contributed by atoms with van der Waals surface area (Å²) in [4.78, 5) is 13.1. The topological polar surface area (TPSA) is 80.0 Å². The Morgan fingerprint density at radius 2 is 1.65 bits per heavy atom. The van der Waals surface area contributed by atoms with Crippen LogP contribution in [0.2, 0.25) is 0 Å². The molecule has 0 heterocycles. The molecule has 2 N–H and O–H groups in total. The van der Waals surface area contributed by atoms with E-state index >= 15 is 0 Å². The van der Waals surface area contributed by atoms with Crippen LogP contribution in [0.4, 0.5) is 5.69 Å². The average molecular weight is 359 g/mol. The van der Waals surface area contributed by atoms with E-state index in [9.17, 15) is 4.79 Å². The molecule has 1 atom stereocenters. The summed E-state index contributed by atoms with van der Waals surface area (Å²) in [5.74, 6) is 1.43. The molecule has 140 valence electrons. The normalized spacial score (nSPS) is 11.6. The lowest BCUT2D eigenvalue weighted by atomic mass is 10.0. The van der Waals surface area contributed by atoms with Crippen LogP contribution in [0.25, 0.3) is 0 Å². The summed E-state index contributed by atoms with van der Waals surface area (Å²) >= 11 is 0. The van der Waals surface area contributed by atoms with Crippen LogP contribution in [0.1, 0.15) is 29.3 Å². The Kier molecular flexibility index (Phi) is 6.33. The molecule has 6 heteroatoms. The highest BCUT2D eigenvalue weighted by molar-refractivity contribution is 6.03. The van der Waals surface area contributed by atoms with Crippen LogP contribution in [0, 0.1) is 6.92 Å². The molecule has 0 aliphatic rings. The highest BCUT2D eigenvalue weighted by Crippen LogP contribution is 2.40. The van der Waals surface area contributed by atoms with Crippen LogP contribution in [-0.4, -0.2) is 33.2 Å². The molecule has 6 nitrogen and oxygen atoms in total. The first kappa shape index (κ1) is 19.4. The number of hydrogen-bond acceptors (Lipinski definition) is 6. The summed E-state index contributed by atoms with van der Waals surface area (Å²) in [5, 5.41) is 0. The molecule has 2 aromatic carbocycles. The predicted molar refractivity (Wildman–Crippen MR) is 101 cm³/mol. The Labute approximate surface area is 153 Å². The van der Waals surface area contributed by atoms with E-state index in [2.05, 4.69) is 0 Å². The minimum atomic E-state index is -0.702. The monoisotopic (exact) mass is 359 g/mol. The maximum Gasteiger partial charge on any atom is 0.207 e. The largest absolute Gasteiger partial charge is 0.493 e. The van der Waals surface area contributed by atoms with Crippen molar-refractivity contribution in [3.8, 4) is 23.0 Å². The van der Waals surface area contributed by atoms with Gasteiger partial charge in [0.2, 0.25) is 11.5 Å². The van der Waals surface area contributed by atoms with Crippen LogP contribution >= 0.6 is 0 Å². The van der Waals surface area contributed by atoms with Gasteiger partial charge in [-0.1, -0.05) is 13.0 Å². The molecule has 0 radical (unpaired) electrons. The summed E-state index contributed by atoms with van der Waals surface area (Å²) < 4.78 is 21.9. The van der Waals surface area contributed by atoms with Crippen molar-refractivity contribution >= 4 is 11.5 Å². The molecule has 0 aliphatic carbocycles. The molecule has 0 aliphatic heterocycles. The van der Waals surface area contributed by atoms with Gasteiger partial charge in [0.25, 0.3) is 0 Å². The van der Waals surface area contributed by atoms with E-state index in [1.165, 1.54) is 21.3 Å². The molecule has 0 amide bonds. The number of nitrogen functional groups attached to an aromatic ring is 1. The van der Waals surface area contributed by atoms with Crippen LogP contribution in [-0.2, 0) is 0 Å². The Morgan fingerprint density at radius 3 is 2.19 bits per heavy atom. The van der Waals surface area contributed by atoms with Crippen LogP contribution in [0.3, 0.4) is 0 Å². The number of aryl methyl sites for hydroxylation is 1. The Morgan fingerprint density at radius 1 is 1.00 bits per heavy atom. The zero-order valence-electron chi connectivity index (χ0n) is 15.8. The number of rotatable bonds is 8. The van der Waals surface area contributed by atoms with Gasteiger partial charge in [0.05, 0.1) is 32.6 Å². The molecule has 0 aromatic heterocycles. The number of methoxy groups -OCH3 is 3. The van der Waals surface area contributed by atoms with Gasteiger partial charge in [-0.25, -0.2) is 0 Å². The number of nitrogens with two attached hydrogens (primary N) is 1. The number of benzene rings is 2. The van der Waals surface area contributed by atoms with Crippen molar-refractivity contribution in [1.29, 1.82) is 0 Å². The lowest BCUT2D eigenvalue weighted by Gasteiger charge is -2.20. The van der Waals surface area contributed by atoms with Crippen LogP contribution < -0.4 is 24.7 Å². The molecule has 0 spiro atoms. The second kappa shape index (κ2) is 8.47. The lowest BCUT2D eigenvalue weighted by Crippen LogP contribution is -2.27. The van der Waals surface area contributed by atoms with Crippen molar-refractivity contribution in [3.63, 3.8) is 0 Å². The summed E-state index contributed by atoms with van der Waals surface area (Å²) in [6.07, 6.45) is -0.226. The molecule has 0 fully saturated rings. The van der Waals surface area contributed by atoms with E-state index in [4.69, 9.17) is 24.7 Å². The third-order valence-electron chi connectivity index (χ3n) is 4.07. The molecule has 26 heavy (non-hydrogen) atoms. The zero-order chi connectivity index (χ0) is 19.3. The van der Waals surface area contributed by atoms with Gasteiger partial charge in [-0.2, -0.15) is 0 Å². The predicted octanol–water partition coefficient (Wildman–Crippen LogP) is 3.64. The molecule has 0 bridgehead atoms. The fraction of sp³-hybridized carbons (Fsp3) is 0.350. The lowest BCUT2D eigenvalue weighted by molar-refractivity contribution is 0.0784.